The molecule has 2 amide bonds. The molecule has 3 N–H and O–H groups in total. The van der Waals surface area contributed by atoms with Gasteiger partial charge in [-0.3, -0.25) is 9.59 Å². The lowest BCUT2D eigenvalue weighted by molar-refractivity contribution is -0.117. The van der Waals surface area contributed by atoms with Gasteiger partial charge in [-0.1, -0.05) is 30.3 Å². The molecule has 6 nitrogen and oxygen atoms in total. The summed E-state index contributed by atoms with van der Waals surface area (Å²) < 4.78 is 10.7. The van der Waals surface area contributed by atoms with E-state index in [0.29, 0.717) is 17.1 Å². The summed E-state index contributed by atoms with van der Waals surface area (Å²) in [5.41, 5.74) is 7.52. The van der Waals surface area contributed by atoms with E-state index in [4.69, 9.17) is 15.2 Å². The molecular weight excluding hydrogens is 344 g/mol. The fraction of sp³-hybridized carbons (Fsp3) is 0.143. The second-order valence-corrected chi connectivity index (χ2v) is 5.96. The number of amides is 2. The maximum absolute atomic E-state index is 12.2. The van der Waals surface area contributed by atoms with Crippen molar-refractivity contribution >= 4 is 22.6 Å². The number of carbonyl (C=O) groups is 2. The number of carbonyl (C=O) groups excluding carboxylic acids is 2. The first-order valence-electron chi connectivity index (χ1n) is 8.35. The number of rotatable bonds is 6. The molecule has 3 aromatic rings. The number of benzene rings is 3. The predicted molar refractivity (Wildman–Crippen MR) is 104 cm³/mol. The van der Waals surface area contributed by atoms with Gasteiger partial charge in [-0.25, -0.2) is 0 Å². The number of hydrogen-bond donors (Lipinski definition) is 2. The number of nitrogens with two attached hydrogens (primary N) is 1. The molecule has 0 bridgehead atoms. The second kappa shape index (κ2) is 7.78. The molecular formula is C21H20N2O4. The highest BCUT2D eigenvalue weighted by atomic mass is 16.5. The van der Waals surface area contributed by atoms with E-state index >= 15 is 0 Å². The zero-order valence-corrected chi connectivity index (χ0v) is 15.1. The fourth-order valence-corrected chi connectivity index (χ4v) is 2.95. The van der Waals surface area contributed by atoms with Crippen molar-refractivity contribution in [1.29, 1.82) is 0 Å². The largest absolute Gasteiger partial charge is 0.493 e. The highest BCUT2D eigenvalue weighted by Crippen LogP contribution is 2.35. The molecule has 0 saturated heterocycles. The summed E-state index contributed by atoms with van der Waals surface area (Å²) in [7, 11) is 3.20. The van der Waals surface area contributed by atoms with Gasteiger partial charge in [0.05, 0.1) is 20.8 Å². The van der Waals surface area contributed by atoms with E-state index in [9.17, 15) is 9.59 Å². The van der Waals surface area contributed by atoms with E-state index in [0.717, 1.165) is 21.9 Å². The maximum atomic E-state index is 12.2. The predicted octanol–water partition coefficient (Wildman–Crippen LogP) is 2.74. The average Bonchev–Trinajstić information content (AvgIpc) is 2.70. The number of hydrogen-bond acceptors (Lipinski definition) is 4. The van der Waals surface area contributed by atoms with Crippen molar-refractivity contribution in [3.05, 3.63) is 60.2 Å². The van der Waals surface area contributed by atoms with Crippen LogP contribution in [0.4, 0.5) is 0 Å². The molecule has 0 saturated carbocycles. The molecule has 0 heterocycles. The van der Waals surface area contributed by atoms with Crippen molar-refractivity contribution in [2.75, 3.05) is 20.8 Å². The van der Waals surface area contributed by atoms with Crippen molar-refractivity contribution in [1.82, 2.24) is 5.32 Å². The topological polar surface area (TPSA) is 90.6 Å². The first-order chi connectivity index (χ1) is 13.0. The van der Waals surface area contributed by atoms with Crippen molar-refractivity contribution < 1.29 is 19.1 Å². The van der Waals surface area contributed by atoms with Gasteiger partial charge in [-0.15, -0.1) is 0 Å². The standard InChI is InChI=1S/C21H20N2O4/c1-26-18-9-7-14(11-19(18)27-2)16-5-3-4-13-10-15(6-8-17(13)16)21(25)23-12-20(22)24/h3-11H,12H2,1-2H3,(H2,22,24)(H,23,25). The van der Waals surface area contributed by atoms with E-state index < -0.39 is 5.91 Å². The van der Waals surface area contributed by atoms with Gasteiger partial charge in [-0.05, 0) is 46.2 Å². The minimum Gasteiger partial charge on any atom is -0.493 e. The lowest BCUT2D eigenvalue weighted by Gasteiger charge is -2.12. The average molecular weight is 364 g/mol. The molecule has 0 radical (unpaired) electrons. The van der Waals surface area contributed by atoms with Gasteiger partial charge in [0.25, 0.3) is 5.91 Å². The molecule has 0 aliphatic rings. The molecule has 0 aliphatic carbocycles. The molecule has 0 unspecified atom stereocenters. The van der Waals surface area contributed by atoms with Crippen molar-refractivity contribution in [3.63, 3.8) is 0 Å². The summed E-state index contributed by atoms with van der Waals surface area (Å²) in [5.74, 6) is 0.386. The molecule has 0 spiro atoms. The Kier molecular flexibility index (Phi) is 5.26. The lowest BCUT2D eigenvalue weighted by Crippen LogP contribution is -2.33. The van der Waals surface area contributed by atoms with Crippen LogP contribution < -0.4 is 20.5 Å². The number of ether oxygens (including phenoxy) is 2. The van der Waals surface area contributed by atoms with E-state index in [2.05, 4.69) is 5.32 Å². The third-order valence-electron chi connectivity index (χ3n) is 4.26. The molecule has 3 aromatic carbocycles. The Morgan fingerprint density at radius 3 is 2.44 bits per heavy atom. The van der Waals surface area contributed by atoms with Gasteiger partial charge in [0.2, 0.25) is 5.91 Å². The van der Waals surface area contributed by atoms with Gasteiger partial charge in [0.15, 0.2) is 11.5 Å². The summed E-state index contributed by atoms with van der Waals surface area (Å²) in [6.07, 6.45) is 0. The molecule has 0 atom stereocenters. The van der Waals surface area contributed by atoms with Crippen LogP contribution in [0.25, 0.3) is 21.9 Å². The van der Waals surface area contributed by atoms with E-state index in [-0.39, 0.29) is 12.5 Å². The van der Waals surface area contributed by atoms with Gasteiger partial charge in [0.1, 0.15) is 0 Å². The monoisotopic (exact) mass is 364 g/mol. The Bertz CT molecular complexity index is 1010. The Balaban J connectivity index is 2.01. The second-order valence-electron chi connectivity index (χ2n) is 5.96. The van der Waals surface area contributed by atoms with Gasteiger partial charge >= 0.3 is 0 Å². The Morgan fingerprint density at radius 2 is 1.74 bits per heavy atom. The summed E-state index contributed by atoms with van der Waals surface area (Å²) in [6.45, 7) is -0.192. The van der Waals surface area contributed by atoms with Crippen LogP contribution in [0, 0.1) is 0 Å². The van der Waals surface area contributed by atoms with Crippen molar-refractivity contribution in [3.8, 4) is 22.6 Å². The molecule has 0 aromatic heterocycles. The number of methoxy groups -OCH3 is 2. The zero-order valence-electron chi connectivity index (χ0n) is 15.1. The molecule has 0 aliphatic heterocycles. The minimum atomic E-state index is -0.583. The van der Waals surface area contributed by atoms with Gasteiger partial charge in [0, 0.05) is 5.56 Å². The van der Waals surface area contributed by atoms with Crippen molar-refractivity contribution in [2.24, 2.45) is 5.73 Å². The summed E-state index contributed by atoms with van der Waals surface area (Å²) in [6, 6.07) is 17.0. The lowest BCUT2D eigenvalue weighted by atomic mass is 9.96. The molecule has 27 heavy (non-hydrogen) atoms. The van der Waals surface area contributed by atoms with Crippen LogP contribution in [0.3, 0.4) is 0 Å². The highest BCUT2D eigenvalue weighted by Gasteiger charge is 2.11. The fourth-order valence-electron chi connectivity index (χ4n) is 2.95. The smallest absolute Gasteiger partial charge is 0.251 e. The summed E-state index contributed by atoms with van der Waals surface area (Å²) in [4.78, 5) is 23.0. The normalized spacial score (nSPS) is 10.4. The van der Waals surface area contributed by atoms with Gasteiger partial charge < -0.3 is 20.5 Å². The maximum Gasteiger partial charge on any atom is 0.251 e. The van der Waals surface area contributed by atoms with Crippen LogP contribution in [0.1, 0.15) is 10.4 Å². The van der Waals surface area contributed by atoms with Crippen LogP contribution >= 0.6 is 0 Å². The number of fused-ring (bicyclic) bond motifs is 1. The first-order valence-corrected chi connectivity index (χ1v) is 8.35. The number of primary amides is 1. The molecule has 0 fully saturated rings. The van der Waals surface area contributed by atoms with Crippen LogP contribution in [0.2, 0.25) is 0 Å². The van der Waals surface area contributed by atoms with Gasteiger partial charge in [-0.2, -0.15) is 0 Å². The summed E-state index contributed by atoms with van der Waals surface area (Å²) >= 11 is 0. The first kappa shape index (κ1) is 18.3. The Labute approximate surface area is 156 Å². The van der Waals surface area contributed by atoms with E-state index in [1.807, 2.05) is 42.5 Å². The quantitative estimate of drug-likeness (QED) is 0.704. The molecule has 3 rings (SSSR count). The Hall–Kier alpha value is -3.54. The SMILES string of the molecule is COc1ccc(-c2cccc3cc(C(=O)NCC(N)=O)ccc23)cc1OC. The molecule has 6 heteroatoms. The molecule has 138 valence electrons. The third-order valence-corrected chi connectivity index (χ3v) is 4.26. The van der Waals surface area contributed by atoms with E-state index in [1.165, 1.54) is 0 Å². The zero-order chi connectivity index (χ0) is 19.4. The highest BCUT2D eigenvalue weighted by molar-refractivity contribution is 6.03. The van der Waals surface area contributed by atoms with Crippen LogP contribution in [0.5, 0.6) is 11.5 Å². The third kappa shape index (κ3) is 3.84. The van der Waals surface area contributed by atoms with Crippen LogP contribution in [-0.4, -0.2) is 32.6 Å². The Morgan fingerprint density at radius 1 is 0.963 bits per heavy atom. The van der Waals surface area contributed by atoms with Crippen LogP contribution in [0.15, 0.2) is 54.6 Å². The van der Waals surface area contributed by atoms with Crippen LogP contribution in [-0.2, 0) is 4.79 Å². The number of nitrogens with one attached hydrogen (secondary N) is 1. The van der Waals surface area contributed by atoms with Crippen molar-refractivity contribution in [2.45, 2.75) is 0 Å². The van der Waals surface area contributed by atoms with E-state index in [1.54, 1.807) is 26.4 Å². The summed E-state index contributed by atoms with van der Waals surface area (Å²) in [5, 5.41) is 4.40. The minimum absolute atomic E-state index is 0.192.